The van der Waals surface area contributed by atoms with E-state index in [0.717, 1.165) is 0 Å². The quantitative estimate of drug-likeness (QED) is 0.837. The molecule has 0 radical (unpaired) electrons. The Morgan fingerprint density at radius 2 is 2.11 bits per heavy atom. The van der Waals surface area contributed by atoms with Gasteiger partial charge in [0.25, 0.3) is 0 Å². The lowest BCUT2D eigenvalue weighted by molar-refractivity contribution is -0.142. The fraction of sp³-hybridized carbons (Fsp3) is 0.300. The second-order valence-electron chi connectivity index (χ2n) is 3.44. The molecule has 0 bridgehead atoms. The molecule has 100 valence electrons. The summed E-state index contributed by atoms with van der Waals surface area (Å²) in [5.74, 6) is -0.661. The molecule has 0 unspecified atom stereocenters. The summed E-state index contributed by atoms with van der Waals surface area (Å²) in [7, 11) is -2.61. The smallest absolute Gasteiger partial charge is 0.323 e. The van der Waals surface area contributed by atoms with Crippen molar-refractivity contribution in [2.24, 2.45) is 0 Å². The van der Waals surface area contributed by atoms with Crippen LogP contribution < -0.4 is 4.72 Å². The van der Waals surface area contributed by atoms with Gasteiger partial charge in [0.2, 0.25) is 10.0 Å². The molecule has 8 heteroatoms. The largest absolute Gasteiger partial charge is 0.468 e. The molecule has 1 aromatic carbocycles. The van der Waals surface area contributed by atoms with E-state index in [2.05, 4.69) is 25.4 Å². The third-order valence-corrected chi connectivity index (χ3v) is 4.84. The fourth-order valence-corrected chi connectivity index (χ4v) is 3.04. The van der Waals surface area contributed by atoms with Crippen LogP contribution in [0.2, 0.25) is 5.02 Å². The molecule has 0 heterocycles. The Hall–Kier alpha value is -0.630. The minimum Gasteiger partial charge on any atom is -0.468 e. The van der Waals surface area contributed by atoms with E-state index < -0.39 is 22.0 Å². The maximum atomic E-state index is 11.9. The van der Waals surface area contributed by atoms with Gasteiger partial charge < -0.3 is 4.74 Å². The lowest BCUT2D eigenvalue weighted by Crippen LogP contribution is -2.39. The highest BCUT2D eigenvalue weighted by molar-refractivity contribution is 9.10. The molecule has 1 atom stereocenters. The van der Waals surface area contributed by atoms with Crippen molar-refractivity contribution >= 4 is 43.5 Å². The maximum Gasteiger partial charge on any atom is 0.323 e. The van der Waals surface area contributed by atoms with Crippen molar-refractivity contribution in [3.63, 3.8) is 0 Å². The Labute approximate surface area is 119 Å². The zero-order chi connectivity index (χ0) is 13.9. The predicted octanol–water partition coefficient (Wildman–Crippen LogP) is 1.94. The van der Waals surface area contributed by atoms with Crippen LogP contribution in [0.1, 0.15) is 6.92 Å². The van der Waals surface area contributed by atoms with E-state index in [9.17, 15) is 13.2 Å². The van der Waals surface area contributed by atoms with Crippen molar-refractivity contribution < 1.29 is 17.9 Å². The average Bonchev–Trinajstić information content (AvgIpc) is 2.30. The lowest BCUT2D eigenvalue weighted by Gasteiger charge is -2.12. The van der Waals surface area contributed by atoms with Crippen LogP contribution in [0.5, 0.6) is 0 Å². The van der Waals surface area contributed by atoms with Crippen LogP contribution in [-0.2, 0) is 19.6 Å². The van der Waals surface area contributed by atoms with Gasteiger partial charge in [0.15, 0.2) is 0 Å². The number of carbonyl (C=O) groups excluding carboxylic acids is 1. The lowest BCUT2D eigenvalue weighted by atomic mass is 10.4. The van der Waals surface area contributed by atoms with Crippen molar-refractivity contribution in [3.05, 3.63) is 27.7 Å². The van der Waals surface area contributed by atoms with E-state index in [-0.39, 0.29) is 4.90 Å². The summed E-state index contributed by atoms with van der Waals surface area (Å²) in [4.78, 5) is 11.2. The van der Waals surface area contributed by atoms with Gasteiger partial charge in [-0.15, -0.1) is 0 Å². The Kier molecular flexibility index (Phi) is 5.15. The Morgan fingerprint density at radius 3 is 2.61 bits per heavy atom. The zero-order valence-corrected chi connectivity index (χ0v) is 12.8. The Balaban J connectivity index is 3.00. The van der Waals surface area contributed by atoms with E-state index in [4.69, 9.17) is 11.6 Å². The van der Waals surface area contributed by atoms with Gasteiger partial charge in [-0.25, -0.2) is 8.42 Å². The van der Waals surface area contributed by atoms with Crippen molar-refractivity contribution in [1.82, 2.24) is 4.72 Å². The number of sulfonamides is 1. The van der Waals surface area contributed by atoms with Gasteiger partial charge in [0.05, 0.1) is 17.0 Å². The molecule has 0 amide bonds. The number of hydrogen-bond acceptors (Lipinski definition) is 4. The van der Waals surface area contributed by atoms with Gasteiger partial charge in [-0.1, -0.05) is 11.6 Å². The minimum atomic E-state index is -3.79. The number of halogens is 2. The van der Waals surface area contributed by atoms with Gasteiger partial charge in [-0.2, -0.15) is 4.72 Å². The summed E-state index contributed by atoms with van der Waals surface area (Å²) in [5.41, 5.74) is 0. The maximum absolute atomic E-state index is 11.9. The van der Waals surface area contributed by atoms with Crippen LogP contribution in [-0.4, -0.2) is 27.5 Å². The Morgan fingerprint density at radius 1 is 1.50 bits per heavy atom. The molecule has 0 aliphatic heterocycles. The highest BCUT2D eigenvalue weighted by Crippen LogP contribution is 2.25. The molecule has 0 aliphatic carbocycles. The molecule has 0 saturated heterocycles. The van der Waals surface area contributed by atoms with Crippen molar-refractivity contribution in [1.29, 1.82) is 0 Å². The zero-order valence-electron chi connectivity index (χ0n) is 9.61. The summed E-state index contributed by atoms with van der Waals surface area (Å²) in [6, 6.07) is 3.19. The highest BCUT2D eigenvalue weighted by atomic mass is 79.9. The molecule has 0 saturated carbocycles. The molecule has 1 aromatic rings. The molecule has 1 N–H and O–H groups in total. The van der Waals surface area contributed by atoms with Gasteiger partial charge in [-0.3, -0.25) is 4.79 Å². The number of rotatable bonds is 4. The van der Waals surface area contributed by atoms with Gasteiger partial charge >= 0.3 is 5.97 Å². The molecule has 5 nitrogen and oxygen atoms in total. The second kappa shape index (κ2) is 6.01. The van der Waals surface area contributed by atoms with Crippen molar-refractivity contribution in [2.45, 2.75) is 17.9 Å². The average molecular weight is 357 g/mol. The van der Waals surface area contributed by atoms with Crippen molar-refractivity contribution in [3.8, 4) is 0 Å². The number of hydrogen-bond donors (Lipinski definition) is 1. The van der Waals surface area contributed by atoms with Crippen LogP contribution in [0.25, 0.3) is 0 Å². The topological polar surface area (TPSA) is 72.5 Å². The molecule has 0 aromatic heterocycles. The van der Waals surface area contributed by atoms with Gasteiger partial charge in [0.1, 0.15) is 6.04 Å². The molecule has 0 spiro atoms. The number of carbonyl (C=O) groups is 1. The third-order valence-electron chi connectivity index (χ3n) is 2.09. The monoisotopic (exact) mass is 355 g/mol. The minimum absolute atomic E-state index is 0.00882. The Bertz CT molecular complexity index is 561. The summed E-state index contributed by atoms with van der Waals surface area (Å²) >= 11 is 8.90. The first kappa shape index (κ1) is 15.4. The van der Waals surface area contributed by atoms with E-state index in [1.165, 1.54) is 32.2 Å². The first-order valence-corrected chi connectivity index (χ1v) is 7.48. The molecule has 18 heavy (non-hydrogen) atoms. The number of nitrogens with one attached hydrogen (secondary N) is 1. The standard InChI is InChI=1S/C10H11BrClNO4S/c1-6(10(14)17-2)13-18(15,16)7-3-4-9(12)8(11)5-7/h3-6,13H,1-2H3/t6-/m0/s1. The van der Waals surface area contributed by atoms with Crippen molar-refractivity contribution in [2.75, 3.05) is 7.11 Å². The summed E-state index contributed by atoms with van der Waals surface area (Å²) in [6.07, 6.45) is 0. The first-order valence-electron chi connectivity index (χ1n) is 4.83. The summed E-state index contributed by atoms with van der Waals surface area (Å²) in [6.45, 7) is 1.40. The molecular weight excluding hydrogens is 346 g/mol. The molecule has 0 aliphatic rings. The predicted molar refractivity (Wildman–Crippen MR) is 71.0 cm³/mol. The number of benzene rings is 1. The number of esters is 1. The number of methoxy groups -OCH3 is 1. The fourth-order valence-electron chi connectivity index (χ4n) is 1.17. The summed E-state index contributed by atoms with van der Waals surface area (Å²) in [5, 5.41) is 0.398. The normalized spacial score (nSPS) is 13.1. The van der Waals surface area contributed by atoms with Gasteiger partial charge in [-0.05, 0) is 41.1 Å². The number of ether oxygens (including phenoxy) is 1. The van der Waals surface area contributed by atoms with E-state index in [1.54, 1.807) is 0 Å². The second-order valence-corrected chi connectivity index (χ2v) is 6.42. The highest BCUT2D eigenvalue weighted by Gasteiger charge is 2.22. The van der Waals surface area contributed by atoms with Crippen LogP contribution >= 0.6 is 27.5 Å². The van der Waals surface area contributed by atoms with Crippen LogP contribution in [0.3, 0.4) is 0 Å². The SMILES string of the molecule is COC(=O)[C@H](C)NS(=O)(=O)c1ccc(Cl)c(Br)c1. The van der Waals surface area contributed by atoms with Crippen LogP contribution in [0, 0.1) is 0 Å². The molecule has 1 rings (SSSR count). The van der Waals surface area contributed by atoms with Crippen LogP contribution in [0.15, 0.2) is 27.6 Å². The third kappa shape index (κ3) is 3.68. The van der Waals surface area contributed by atoms with E-state index in [1.807, 2.05) is 0 Å². The van der Waals surface area contributed by atoms with Gasteiger partial charge in [0, 0.05) is 4.47 Å². The molecular formula is C10H11BrClNO4S. The van der Waals surface area contributed by atoms with E-state index in [0.29, 0.717) is 9.50 Å². The van der Waals surface area contributed by atoms with Crippen LogP contribution in [0.4, 0.5) is 0 Å². The summed E-state index contributed by atoms with van der Waals surface area (Å²) < 4.78 is 31.0. The van der Waals surface area contributed by atoms with E-state index >= 15 is 0 Å². The molecule has 0 fully saturated rings. The first-order chi connectivity index (χ1) is 8.27.